The monoisotopic (exact) mass is 253 g/mol. The molecule has 3 N–H and O–H groups in total. The number of H-pyrrole nitrogens is 1. The Morgan fingerprint density at radius 3 is 3.00 bits per heavy atom. The Bertz CT molecular complexity index is 502. The third kappa shape index (κ3) is 2.71. The normalized spacial score (nSPS) is 10.5. The van der Waals surface area contributed by atoms with Gasteiger partial charge in [-0.05, 0) is 24.8 Å². The molecule has 0 aliphatic carbocycles. The SMILES string of the molecule is CCOc1cc(Sc2ncc[nH]2)c(N)cc1F. The summed E-state index contributed by atoms with van der Waals surface area (Å²) in [6.07, 6.45) is 3.36. The Kier molecular flexibility index (Phi) is 3.53. The fraction of sp³-hybridized carbons (Fsp3) is 0.182. The van der Waals surface area contributed by atoms with Gasteiger partial charge in [0, 0.05) is 29.0 Å². The van der Waals surface area contributed by atoms with Crippen LogP contribution in [0.1, 0.15) is 6.92 Å². The number of nitrogens with one attached hydrogen (secondary N) is 1. The van der Waals surface area contributed by atoms with Gasteiger partial charge in [-0.2, -0.15) is 0 Å². The average Bonchev–Trinajstić information content (AvgIpc) is 2.78. The Hall–Kier alpha value is -1.69. The Morgan fingerprint density at radius 1 is 1.53 bits per heavy atom. The molecule has 0 saturated carbocycles. The molecule has 0 aliphatic heterocycles. The molecule has 1 aromatic carbocycles. The van der Waals surface area contributed by atoms with Crippen molar-refractivity contribution in [3.8, 4) is 5.75 Å². The number of anilines is 1. The molecule has 1 heterocycles. The quantitative estimate of drug-likeness (QED) is 0.822. The summed E-state index contributed by atoms with van der Waals surface area (Å²) in [7, 11) is 0. The highest BCUT2D eigenvalue weighted by atomic mass is 32.2. The van der Waals surface area contributed by atoms with E-state index in [0.29, 0.717) is 22.3 Å². The van der Waals surface area contributed by atoms with Crippen molar-refractivity contribution in [1.82, 2.24) is 9.97 Å². The van der Waals surface area contributed by atoms with Gasteiger partial charge in [0.1, 0.15) is 0 Å². The minimum atomic E-state index is -0.451. The first-order valence-electron chi connectivity index (χ1n) is 5.09. The topological polar surface area (TPSA) is 63.9 Å². The zero-order chi connectivity index (χ0) is 12.3. The number of nitrogen functional groups attached to an aromatic ring is 1. The summed E-state index contributed by atoms with van der Waals surface area (Å²) in [5.41, 5.74) is 6.11. The zero-order valence-corrected chi connectivity index (χ0v) is 10.1. The molecule has 90 valence electrons. The average molecular weight is 253 g/mol. The lowest BCUT2D eigenvalue weighted by Gasteiger charge is -2.09. The molecule has 6 heteroatoms. The number of halogens is 1. The Labute approximate surface area is 102 Å². The Morgan fingerprint density at radius 2 is 2.35 bits per heavy atom. The molecule has 0 unspecified atom stereocenters. The molecular formula is C11H12FN3OS. The van der Waals surface area contributed by atoms with Crippen molar-refractivity contribution >= 4 is 17.4 Å². The van der Waals surface area contributed by atoms with Gasteiger partial charge < -0.3 is 15.5 Å². The van der Waals surface area contributed by atoms with Crippen LogP contribution in [0.15, 0.2) is 34.6 Å². The van der Waals surface area contributed by atoms with Gasteiger partial charge in [0.2, 0.25) is 0 Å². The number of nitrogens with zero attached hydrogens (tertiary/aromatic N) is 1. The lowest BCUT2D eigenvalue weighted by molar-refractivity contribution is 0.321. The number of nitrogens with two attached hydrogens (primary N) is 1. The fourth-order valence-electron chi connectivity index (χ4n) is 1.32. The number of ether oxygens (including phenoxy) is 1. The highest BCUT2D eigenvalue weighted by Crippen LogP contribution is 2.34. The van der Waals surface area contributed by atoms with Crippen LogP contribution < -0.4 is 10.5 Å². The molecule has 0 saturated heterocycles. The van der Waals surface area contributed by atoms with Crippen molar-refractivity contribution < 1.29 is 9.13 Å². The number of hydrogen-bond acceptors (Lipinski definition) is 4. The van der Waals surface area contributed by atoms with Gasteiger partial charge in [-0.3, -0.25) is 0 Å². The number of benzene rings is 1. The van der Waals surface area contributed by atoms with Gasteiger partial charge >= 0.3 is 0 Å². The number of rotatable bonds is 4. The van der Waals surface area contributed by atoms with Gasteiger partial charge in [0.15, 0.2) is 16.7 Å². The van der Waals surface area contributed by atoms with Gasteiger partial charge in [-0.25, -0.2) is 9.37 Å². The first-order chi connectivity index (χ1) is 8.20. The smallest absolute Gasteiger partial charge is 0.170 e. The first kappa shape index (κ1) is 11.8. The van der Waals surface area contributed by atoms with E-state index in [4.69, 9.17) is 10.5 Å². The van der Waals surface area contributed by atoms with E-state index in [1.165, 1.54) is 17.8 Å². The van der Waals surface area contributed by atoms with E-state index >= 15 is 0 Å². The van der Waals surface area contributed by atoms with E-state index in [1.54, 1.807) is 25.4 Å². The van der Waals surface area contributed by atoms with Crippen LogP contribution in [0.3, 0.4) is 0 Å². The van der Waals surface area contributed by atoms with Crippen LogP contribution in [-0.2, 0) is 0 Å². The fourth-order valence-corrected chi connectivity index (χ4v) is 2.11. The van der Waals surface area contributed by atoms with Gasteiger partial charge in [0.25, 0.3) is 0 Å². The largest absolute Gasteiger partial charge is 0.491 e. The number of aromatic amines is 1. The van der Waals surface area contributed by atoms with Crippen LogP contribution in [0.2, 0.25) is 0 Å². The second-order valence-corrected chi connectivity index (χ2v) is 4.28. The molecule has 0 spiro atoms. The number of imidazole rings is 1. The predicted octanol–water partition coefficient (Wildman–Crippen LogP) is 2.68. The first-order valence-corrected chi connectivity index (χ1v) is 5.91. The van der Waals surface area contributed by atoms with E-state index in [0.717, 1.165) is 0 Å². The summed E-state index contributed by atoms with van der Waals surface area (Å²) in [4.78, 5) is 7.72. The predicted molar refractivity (Wildman–Crippen MR) is 64.7 cm³/mol. The molecular weight excluding hydrogens is 241 g/mol. The van der Waals surface area contributed by atoms with Crippen LogP contribution in [-0.4, -0.2) is 16.6 Å². The summed E-state index contributed by atoms with van der Waals surface area (Å²) in [6.45, 7) is 2.21. The summed E-state index contributed by atoms with van der Waals surface area (Å²) >= 11 is 1.33. The van der Waals surface area contributed by atoms with E-state index in [1.807, 2.05) is 0 Å². The van der Waals surface area contributed by atoms with Crippen molar-refractivity contribution in [2.24, 2.45) is 0 Å². The van der Waals surface area contributed by atoms with E-state index in [-0.39, 0.29) is 5.75 Å². The van der Waals surface area contributed by atoms with E-state index in [2.05, 4.69) is 9.97 Å². The third-order valence-corrected chi connectivity index (χ3v) is 3.03. The van der Waals surface area contributed by atoms with Crippen LogP contribution in [0.25, 0.3) is 0 Å². The van der Waals surface area contributed by atoms with Gasteiger partial charge in [0.05, 0.1) is 6.61 Å². The van der Waals surface area contributed by atoms with E-state index < -0.39 is 5.82 Å². The summed E-state index contributed by atoms with van der Waals surface area (Å²) in [5.74, 6) is -0.246. The maximum absolute atomic E-state index is 13.5. The molecule has 0 aliphatic rings. The number of hydrogen-bond donors (Lipinski definition) is 2. The standard InChI is InChI=1S/C11H12FN3OS/c1-2-16-9-6-10(8(13)5-7(9)12)17-11-14-3-4-15-11/h3-6H,2,13H2,1H3,(H,14,15). The molecule has 1 aromatic heterocycles. The maximum atomic E-state index is 13.5. The summed E-state index contributed by atoms with van der Waals surface area (Å²) in [6, 6.07) is 2.84. The summed E-state index contributed by atoms with van der Waals surface area (Å²) in [5, 5.41) is 0.700. The van der Waals surface area contributed by atoms with E-state index in [9.17, 15) is 4.39 Å². The van der Waals surface area contributed by atoms with Crippen LogP contribution >= 0.6 is 11.8 Å². The molecule has 0 fully saturated rings. The molecule has 2 aromatic rings. The Balaban J connectivity index is 2.29. The van der Waals surface area contributed by atoms with Crippen molar-refractivity contribution in [3.63, 3.8) is 0 Å². The third-order valence-electron chi connectivity index (χ3n) is 2.04. The van der Waals surface area contributed by atoms with Crippen molar-refractivity contribution in [3.05, 3.63) is 30.3 Å². The molecule has 4 nitrogen and oxygen atoms in total. The van der Waals surface area contributed by atoms with Crippen molar-refractivity contribution in [1.29, 1.82) is 0 Å². The van der Waals surface area contributed by atoms with Gasteiger partial charge in [-0.15, -0.1) is 0 Å². The molecule has 0 amide bonds. The minimum absolute atomic E-state index is 0.204. The highest BCUT2D eigenvalue weighted by Gasteiger charge is 2.10. The lowest BCUT2D eigenvalue weighted by Crippen LogP contribution is -1.98. The second kappa shape index (κ2) is 5.09. The molecule has 2 rings (SSSR count). The lowest BCUT2D eigenvalue weighted by atomic mass is 10.3. The minimum Gasteiger partial charge on any atom is -0.491 e. The number of aromatic nitrogens is 2. The van der Waals surface area contributed by atoms with Gasteiger partial charge in [-0.1, -0.05) is 0 Å². The summed E-state index contributed by atoms with van der Waals surface area (Å²) < 4.78 is 18.6. The van der Waals surface area contributed by atoms with Crippen LogP contribution in [0, 0.1) is 5.82 Å². The molecule has 17 heavy (non-hydrogen) atoms. The second-order valence-electron chi connectivity index (χ2n) is 3.25. The van der Waals surface area contributed by atoms with Crippen molar-refractivity contribution in [2.45, 2.75) is 17.0 Å². The van der Waals surface area contributed by atoms with Crippen LogP contribution in [0.5, 0.6) is 5.75 Å². The maximum Gasteiger partial charge on any atom is 0.170 e. The molecule has 0 bridgehead atoms. The molecule has 0 radical (unpaired) electrons. The van der Waals surface area contributed by atoms with Crippen LogP contribution in [0.4, 0.5) is 10.1 Å². The highest BCUT2D eigenvalue weighted by molar-refractivity contribution is 7.99. The van der Waals surface area contributed by atoms with Crippen molar-refractivity contribution in [2.75, 3.05) is 12.3 Å². The molecule has 0 atom stereocenters. The zero-order valence-electron chi connectivity index (χ0n) is 9.24.